The van der Waals surface area contributed by atoms with Crippen LogP contribution in [-0.4, -0.2) is 23.5 Å². The summed E-state index contributed by atoms with van der Waals surface area (Å²) in [7, 11) is 0. The number of hydrogen-bond acceptors (Lipinski definition) is 2. The second-order valence-electron chi connectivity index (χ2n) is 5.91. The van der Waals surface area contributed by atoms with Crippen molar-refractivity contribution in [1.82, 2.24) is 5.32 Å². The van der Waals surface area contributed by atoms with Gasteiger partial charge in [-0.1, -0.05) is 68.3 Å². The van der Waals surface area contributed by atoms with Gasteiger partial charge in [0.05, 0.1) is 0 Å². The summed E-state index contributed by atoms with van der Waals surface area (Å²) < 4.78 is 0. The molecule has 0 aromatic heterocycles. The average Bonchev–Trinajstić information content (AvgIpc) is 2.63. The summed E-state index contributed by atoms with van der Waals surface area (Å²) in [6.07, 6.45) is 2.16. The van der Waals surface area contributed by atoms with Crippen LogP contribution >= 0.6 is 0 Å². The highest BCUT2D eigenvalue weighted by atomic mass is 16.4. The third-order valence-electron chi connectivity index (χ3n) is 4.28. The fourth-order valence-corrected chi connectivity index (χ4v) is 2.80. The van der Waals surface area contributed by atoms with Crippen molar-refractivity contribution in [2.75, 3.05) is 6.54 Å². The molecular formula is C20H23NO3. The molecule has 0 aliphatic heterocycles. The van der Waals surface area contributed by atoms with E-state index >= 15 is 0 Å². The summed E-state index contributed by atoms with van der Waals surface area (Å²) in [6.45, 7) is 2.10. The first-order chi connectivity index (χ1) is 11.6. The van der Waals surface area contributed by atoms with Gasteiger partial charge in [0, 0.05) is 12.1 Å². The molecule has 4 nitrogen and oxygen atoms in total. The number of carboxylic acids is 1. The van der Waals surface area contributed by atoms with Crippen molar-refractivity contribution in [2.45, 2.75) is 31.6 Å². The fourth-order valence-electron chi connectivity index (χ4n) is 2.80. The van der Waals surface area contributed by atoms with E-state index in [1.165, 1.54) is 0 Å². The predicted octanol–water partition coefficient (Wildman–Crippen LogP) is 3.63. The number of hydrogen-bond donors (Lipinski definition) is 2. The lowest BCUT2D eigenvalue weighted by Gasteiger charge is -2.30. The number of carbonyl (C=O) groups excluding carboxylic acids is 1. The van der Waals surface area contributed by atoms with Crippen LogP contribution in [0.5, 0.6) is 0 Å². The van der Waals surface area contributed by atoms with E-state index in [0.29, 0.717) is 12.0 Å². The zero-order chi connectivity index (χ0) is 17.4. The van der Waals surface area contributed by atoms with Crippen LogP contribution in [-0.2, 0) is 10.2 Å². The maximum atomic E-state index is 12.3. The van der Waals surface area contributed by atoms with Crippen molar-refractivity contribution >= 4 is 11.9 Å². The molecule has 0 saturated heterocycles. The number of carboxylic acid groups (broad SMARTS) is 1. The molecule has 126 valence electrons. The van der Waals surface area contributed by atoms with Gasteiger partial charge in [0.1, 0.15) is 5.41 Å². The first kappa shape index (κ1) is 17.7. The molecule has 2 aromatic carbocycles. The molecule has 1 amide bonds. The summed E-state index contributed by atoms with van der Waals surface area (Å²) in [6, 6.07) is 18.0. The Bertz CT molecular complexity index is 670. The maximum absolute atomic E-state index is 12.3. The molecule has 0 spiro atoms. The van der Waals surface area contributed by atoms with Crippen LogP contribution in [0, 0.1) is 0 Å². The topological polar surface area (TPSA) is 66.4 Å². The Labute approximate surface area is 142 Å². The Morgan fingerprint density at radius 1 is 1.00 bits per heavy atom. The SMILES string of the molecule is CCCCC(CNC(=O)c1ccccc1)(C(=O)O)c1ccccc1. The van der Waals surface area contributed by atoms with E-state index in [0.717, 1.165) is 18.4 Å². The minimum absolute atomic E-state index is 0.0695. The lowest BCUT2D eigenvalue weighted by atomic mass is 9.76. The number of benzene rings is 2. The summed E-state index contributed by atoms with van der Waals surface area (Å²) >= 11 is 0. The van der Waals surface area contributed by atoms with Gasteiger partial charge in [-0.25, -0.2) is 0 Å². The number of unbranched alkanes of at least 4 members (excludes halogenated alkanes) is 1. The number of amides is 1. The lowest BCUT2D eigenvalue weighted by Crippen LogP contribution is -2.46. The Kier molecular flexibility index (Phi) is 6.13. The molecule has 1 unspecified atom stereocenters. The first-order valence-electron chi connectivity index (χ1n) is 8.22. The number of carbonyl (C=O) groups is 2. The predicted molar refractivity (Wildman–Crippen MR) is 94.1 cm³/mol. The van der Waals surface area contributed by atoms with Crippen LogP contribution in [0.4, 0.5) is 0 Å². The molecule has 2 rings (SSSR count). The summed E-state index contributed by atoms with van der Waals surface area (Å²) in [5.41, 5.74) is 0.140. The van der Waals surface area contributed by atoms with Crippen LogP contribution < -0.4 is 5.32 Å². The normalized spacial score (nSPS) is 13.0. The molecule has 1 atom stereocenters. The van der Waals surface area contributed by atoms with Crippen molar-refractivity contribution < 1.29 is 14.7 Å². The molecule has 2 N–H and O–H groups in total. The fraction of sp³-hybridized carbons (Fsp3) is 0.300. The molecule has 0 fully saturated rings. The van der Waals surface area contributed by atoms with E-state index in [1.807, 2.05) is 43.3 Å². The largest absolute Gasteiger partial charge is 0.481 e. The van der Waals surface area contributed by atoms with Gasteiger partial charge in [-0.05, 0) is 24.1 Å². The number of nitrogens with one attached hydrogen (secondary N) is 1. The number of rotatable bonds is 8. The standard InChI is InChI=1S/C20H23NO3/c1-2-3-14-20(19(23)24,17-12-8-5-9-13-17)15-21-18(22)16-10-6-4-7-11-16/h4-13H,2-3,14-15H2,1H3,(H,21,22)(H,23,24). The summed E-state index contributed by atoms with van der Waals surface area (Å²) in [5.74, 6) is -1.16. The van der Waals surface area contributed by atoms with Gasteiger partial charge in [-0.2, -0.15) is 0 Å². The second kappa shape index (κ2) is 8.29. The monoisotopic (exact) mass is 325 g/mol. The molecular weight excluding hydrogens is 302 g/mol. The zero-order valence-electron chi connectivity index (χ0n) is 13.9. The Hall–Kier alpha value is -2.62. The van der Waals surface area contributed by atoms with E-state index in [2.05, 4.69) is 5.32 Å². The summed E-state index contributed by atoms with van der Waals surface area (Å²) in [5, 5.41) is 12.7. The highest BCUT2D eigenvalue weighted by Gasteiger charge is 2.40. The quantitative estimate of drug-likeness (QED) is 0.779. The van der Waals surface area contributed by atoms with Crippen LogP contribution in [0.2, 0.25) is 0 Å². The molecule has 0 heterocycles. The van der Waals surface area contributed by atoms with E-state index < -0.39 is 11.4 Å². The molecule has 2 aromatic rings. The molecule has 4 heteroatoms. The average molecular weight is 325 g/mol. The minimum atomic E-state index is -1.11. The highest BCUT2D eigenvalue weighted by molar-refractivity contribution is 5.94. The van der Waals surface area contributed by atoms with Gasteiger partial charge in [0.15, 0.2) is 0 Å². The van der Waals surface area contributed by atoms with E-state index in [9.17, 15) is 14.7 Å². The van der Waals surface area contributed by atoms with E-state index in [4.69, 9.17) is 0 Å². The van der Waals surface area contributed by atoms with Gasteiger partial charge in [0.25, 0.3) is 5.91 Å². The van der Waals surface area contributed by atoms with Crippen LogP contribution in [0.25, 0.3) is 0 Å². The third-order valence-corrected chi connectivity index (χ3v) is 4.28. The van der Waals surface area contributed by atoms with Crippen molar-refractivity contribution in [1.29, 1.82) is 0 Å². The van der Waals surface area contributed by atoms with Crippen LogP contribution in [0.15, 0.2) is 60.7 Å². The van der Waals surface area contributed by atoms with Crippen molar-refractivity contribution in [3.63, 3.8) is 0 Å². The Balaban J connectivity index is 2.25. The smallest absolute Gasteiger partial charge is 0.315 e. The minimum Gasteiger partial charge on any atom is -0.481 e. The molecule has 0 saturated carbocycles. The lowest BCUT2D eigenvalue weighted by molar-refractivity contribution is -0.144. The van der Waals surface area contributed by atoms with E-state index in [1.54, 1.807) is 24.3 Å². The molecule has 0 radical (unpaired) electrons. The van der Waals surface area contributed by atoms with Crippen molar-refractivity contribution in [3.8, 4) is 0 Å². The molecule has 0 bridgehead atoms. The van der Waals surface area contributed by atoms with Gasteiger partial charge < -0.3 is 10.4 Å². The zero-order valence-corrected chi connectivity index (χ0v) is 13.9. The second-order valence-corrected chi connectivity index (χ2v) is 5.91. The van der Waals surface area contributed by atoms with Gasteiger partial charge >= 0.3 is 5.97 Å². The van der Waals surface area contributed by atoms with Gasteiger partial charge in [-0.3, -0.25) is 9.59 Å². The van der Waals surface area contributed by atoms with Crippen LogP contribution in [0.3, 0.4) is 0 Å². The third kappa shape index (κ3) is 4.02. The Morgan fingerprint density at radius 2 is 1.58 bits per heavy atom. The van der Waals surface area contributed by atoms with Crippen molar-refractivity contribution in [2.24, 2.45) is 0 Å². The number of aliphatic carboxylic acids is 1. The molecule has 0 aliphatic rings. The highest BCUT2D eigenvalue weighted by Crippen LogP contribution is 2.30. The van der Waals surface area contributed by atoms with Crippen molar-refractivity contribution in [3.05, 3.63) is 71.8 Å². The first-order valence-corrected chi connectivity index (χ1v) is 8.22. The van der Waals surface area contributed by atoms with Gasteiger partial charge in [0.2, 0.25) is 0 Å². The van der Waals surface area contributed by atoms with Gasteiger partial charge in [-0.15, -0.1) is 0 Å². The Morgan fingerprint density at radius 3 is 2.12 bits per heavy atom. The molecule has 24 heavy (non-hydrogen) atoms. The van der Waals surface area contributed by atoms with Crippen LogP contribution in [0.1, 0.15) is 42.1 Å². The summed E-state index contributed by atoms with van der Waals surface area (Å²) in [4.78, 5) is 24.4. The maximum Gasteiger partial charge on any atom is 0.315 e. The molecule has 0 aliphatic carbocycles. The van der Waals surface area contributed by atoms with E-state index in [-0.39, 0.29) is 12.5 Å².